The van der Waals surface area contributed by atoms with Crippen LogP contribution in [0.1, 0.15) is 31.8 Å². The molecule has 4 nitrogen and oxygen atoms in total. The molecule has 0 aliphatic rings. The van der Waals surface area contributed by atoms with Gasteiger partial charge in [-0.3, -0.25) is 9.59 Å². The first-order valence-corrected chi connectivity index (χ1v) is 8.57. The molecule has 0 atom stereocenters. The van der Waals surface area contributed by atoms with Gasteiger partial charge in [0.1, 0.15) is 5.82 Å². The number of hydrogen-bond acceptors (Lipinski definition) is 2. The second-order valence-electron chi connectivity index (χ2n) is 6.02. The number of hydrogen-bond donors (Lipinski definition) is 2. The Morgan fingerprint density at radius 2 is 1.30 bits per heavy atom. The molecule has 3 rings (SSSR count). The molecule has 0 saturated carbocycles. The molecule has 0 saturated heterocycles. The maximum atomic E-state index is 13.6. The number of benzene rings is 3. The summed E-state index contributed by atoms with van der Waals surface area (Å²) in [6.07, 6.45) is 0. The molecule has 0 fully saturated rings. The van der Waals surface area contributed by atoms with Gasteiger partial charge >= 0.3 is 0 Å². The average Bonchev–Trinajstić information content (AvgIpc) is 2.72. The Hall–Kier alpha value is -3.47. The van der Waals surface area contributed by atoms with Gasteiger partial charge < -0.3 is 10.6 Å². The Morgan fingerprint density at radius 3 is 1.96 bits per heavy atom. The zero-order valence-corrected chi connectivity index (χ0v) is 14.6. The predicted molar refractivity (Wildman–Crippen MR) is 102 cm³/mol. The van der Waals surface area contributed by atoms with E-state index in [2.05, 4.69) is 10.6 Å². The predicted octanol–water partition coefficient (Wildman–Crippen LogP) is 3.69. The highest BCUT2D eigenvalue weighted by atomic mass is 19.1. The summed E-state index contributed by atoms with van der Waals surface area (Å²) >= 11 is 0. The first-order valence-electron chi connectivity index (χ1n) is 8.57. The van der Waals surface area contributed by atoms with E-state index < -0.39 is 0 Å². The molecule has 2 N–H and O–H groups in total. The van der Waals surface area contributed by atoms with E-state index in [1.54, 1.807) is 36.4 Å². The zero-order valence-electron chi connectivity index (χ0n) is 14.6. The molecule has 0 bridgehead atoms. The van der Waals surface area contributed by atoms with Crippen LogP contribution in [-0.4, -0.2) is 11.8 Å². The fourth-order valence-electron chi connectivity index (χ4n) is 2.60. The number of amides is 2. The van der Waals surface area contributed by atoms with Crippen LogP contribution in [0.3, 0.4) is 0 Å². The molecule has 0 aliphatic heterocycles. The van der Waals surface area contributed by atoms with E-state index in [0.29, 0.717) is 23.2 Å². The van der Waals surface area contributed by atoms with Crippen molar-refractivity contribution >= 4 is 11.8 Å². The van der Waals surface area contributed by atoms with Crippen LogP contribution in [0, 0.1) is 5.82 Å². The Bertz CT molecular complexity index is 942. The minimum atomic E-state index is -0.369. The van der Waals surface area contributed by atoms with Gasteiger partial charge in [0.05, 0.1) is 0 Å². The second-order valence-corrected chi connectivity index (χ2v) is 6.02. The normalized spacial score (nSPS) is 10.3. The van der Waals surface area contributed by atoms with Crippen LogP contribution < -0.4 is 10.6 Å². The van der Waals surface area contributed by atoms with Gasteiger partial charge in [-0.15, -0.1) is 0 Å². The van der Waals surface area contributed by atoms with E-state index in [9.17, 15) is 14.0 Å². The van der Waals surface area contributed by atoms with E-state index in [1.807, 2.05) is 30.3 Å². The zero-order chi connectivity index (χ0) is 19.1. The van der Waals surface area contributed by atoms with Crippen molar-refractivity contribution < 1.29 is 14.0 Å². The molecule has 5 heteroatoms. The molecule has 136 valence electrons. The Kier molecular flexibility index (Phi) is 5.94. The Morgan fingerprint density at radius 1 is 0.704 bits per heavy atom. The first-order chi connectivity index (χ1) is 13.1. The lowest BCUT2D eigenvalue weighted by Gasteiger charge is -2.09. The third-order valence-electron chi connectivity index (χ3n) is 4.08. The van der Waals surface area contributed by atoms with Crippen molar-refractivity contribution in [2.24, 2.45) is 0 Å². The maximum absolute atomic E-state index is 13.6. The molecular weight excluding hydrogens is 343 g/mol. The van der Waals surface area contributed by atoms with Gasteiger partial charge in [0.25, 0.3) is 11.8 Å². The van der Waals surface area contributed by atoms with Gasteiger partial charge in [-0.2, -0.15) is 0 Å². The SMILES string of the molecule is O=C(NCc1ccccc1)c1cccc(C(=O)NCc2ccccc2F)c1. The van der Waals surface area contributed by atoms with Gasteiger partial charge in [0, 0.05) is 29.8 Å². The minimum Gasteiger partial charge on any atom is -0.348 e. The minimum absolute atomic E-state index is 0.0793. The lowest BCUT2D eigenvalue weighted by molar-refractivity contribution is 0.0950. The number of carbonyl (C=O) groups is 2. The highest BCUT2D eigenvalue weighted by Gasteiger charge is 2.11. The van der Waals surface area contributed by atoms with Crippen molar-refractivity contribution in [3.8, 4) is 0 Å². The Labute approximate surface area is 157 Å². The van der Waals surface area contributed by atoms with Crippen LogP contribution in [0.5, 0.6) is 0 Å². The molecule has 3 aromatic carbocycles. The van der Waals surface area contributed by atoms with Crippen molar-refractivity contribution in [3.05, 3.63) is 107 Å². The van der Waals surface area contributed by atoms with Crippen LogP contribution in [0.15, 0.2) is 78.9 Å². The van der Waals surface area contributed by atoms with E-state index in [-0.39, 0.29) is 24.2 Å². The number of nitrogens with one attached hydrogen (secondary N) is 2. The van der Waals surface area contributed by atoms with Crippen LogP contribution in [0.2, 0.25) is 0 Å². The summed E-state index contributed by atoms with van der Waals surface area (Å²) in [6, 6.07) is 22.3. The summed E-state index contributed by atoms with van der Waals surface area (Å²) in [4.78, 5) is 24.6. The molecular formula is C22H19FN2O2. The van der Waals surface area contributed by atoms with Crippen molar-refractivity contribution in [2.45, 2.75) is 13.1 Å². The Balaban J connectivity index is 1.61. The highest BCUT2D eigenvalue weighted by Crippen LogP contribution is 2.09. The fourth-order valence-corrected chi connectivity index (χ4v) is 2.60. The van der Waals surface area contributed by atoms with Crippen molar-refractivity contribution in [1.82, 2.24) is 10.6 Å². The standard InChI is InChI=1S/C22H19FN2O2/c23-20-12-5-4-9-19(20)15-25-22(27)18-11-6-10-17(13-18)21(26)24-14-16-7-2-1-3-8-16/h1-13H,14-15H2,(H,24,26)(H,25,27). The topological polar surface area (TPSA) is 58.2 Å². The summed E-state index contributed by atoms with van der Waals surface area (Å²) in [7, 11) is 0. The molecule has 0 spiro atoms. The molecule has 0 unspecified atom stereocenters. The smallest absolute Gasteiger partial charge is 0.251 e. The van der Waals surface area contributed by atoms with Crippen LogP contribution >= 0.6 is 0 Å². The second kappa shape index (κ2) is 8.76. The molecule has 0 aliphatic carbocycles. The average molecular weight is 362 g/mol. The lowest BCUT2D eigenvalue weighted by atomic mass is 10.1. The lowest BCUT2D eigenvalue weighted by Crippen LogP contribution is -2.25. The third-order valence-corrected chi connectivity index (χ3v) is 4.08. The summed E-state index contributed by atoms with van der Waals surface area (Å²) in [5, 5.41) is 5.50. The summed E-state index contributed by atoms with van der Waals surface area (Å²) < 4.78 is 13.6. The summed E-state index contributed by atoms with van der Waals surface area (Å²) in [5.41, 5.74) is 2.13. The van der Waals surface area contributed by atoms with Crippen molar-refractivity contribution in [1.29, 1.82) is 0 Å². The van der Waals surface area contributed by atoms with Crippen LogP contribution in [-0.2, 0) is 13.1 Å². The quantitative estimate of drug-likeness (QED) is 0.703. The third kappa shape index (κ3) is 5.01. The van der Waals surface area contributed by atoms with Crippen molar-refractivity contribution in [2.75, 3.05) is 0 Å². The molecule has 0 radical (unpaired) electrons. The number of rotatable bonds is 6. The van der Waals surface area contributed by atoms with Crippen LogP contribution in [0.4, 0.5) is 4.39 Å². The largest absolute Gasteiger partial charge is 0.348 e. The molecule has 3 aromatic rings. The number of carbonyl (C=O) groups excluding carboxylic acids is 2. The van der Waals surface area contributed by atoms with E-state index in [0.717, 1.165) is 5.56 Å². The molecule has 27 heavy (non-hydrogen) atoms. The van der Waals surface area contributed by atoms with Gasteiger partial charge in [-0.05, 0) is 29.8 Å². The number of halogens is 1. The summed E-state index contributed by atoms with van der Waals surface area (Å²) in [5.74, 6) is -0.995. The van der Waals surface area contributed by atoms with Gasteiger partial charge in [-0.25, -0.2) is 4.39 Å². The fraction of sp³-hybridized carbons (Fsp3) is 0.0909. The monoisotopic (exact) mass is 362 g/mol. The molecule has 0 aromatic heterocycles. The van der Waals surface area contributed by atoms with E-state index in [4.69, 9.17) is 0 Å². The maximum Gasteiger partial charge on any atom is 0.251 e. The summed E-state index contributed by atoms with van der Waals surface area (Å²) in [6.45, 7) is 0.485. The van der Waals surface area contributed by atoms with Crippen LogP contribution in [0.25, 0.3) is 0 Å². The van der Waals surface area contributed by atoms with E-state index >= 15 is 0 Å². The first kappa shape index (κ1) is 18.3. The highest BCUT2D eigenvalue weighted by molar-refractivity contribution is 5.99. The van der Waals surface area contributed by atoms with Gasteiger partial charge in [-0.1, -0.05) is 54.6 Å². The van der Waals surface area contributed by atoms with E-state index in [1.165, 1.54) is 12.1 Å². The van der Waals surface area contributed by atoms with Crippen molar-refractivity contribution in [3.63, 3.8) is 0 Å². The van der Waals surface area contributed by atoms with Gasteiger partial charge in [0.2, 0.25) is 0 Å². The molecule has 0 heterocycles. The molecule has 2 amide bonds. The van der Waals surface area contributed by atoms with Gasteiger partial charge in [0.15, 0.2) is 0 Å².